The van der Waals surface area contributed by atoms with Gasteiger partial charge in [-0.15, -0.1) is 0 Å². The Balaban J connectivity index is 2.03. The Labute approximate surface area is 99.9 Å². The molecule has 0 fully saturated rings. The first kappa shape index (κ1) is 9.91. The van der Waals surface area contributed by atoms with Crippen LogP contribution in [0.2, 0.25) is 5.02 Å². The lowest BCUT2D eigenvalue weighted by Crippen LogP contribution is -2.08. The van der Waals surface area contributed by atoms with Crippen LogP contribution in [0.5, 0.6) is 0 Å². The molecule has 1 aliphatic heterocycles. The van der Waals surface area contributed by atoms with Crippen LogP contribution in [-0.2, 0) is 13.0 Å². The highest BCUT2D eigenvalue weighted by Gasteiger charge is 2.12. The highest BCUT2D eigenvalue weighted by atomic mass is 35.5. The molecule has 0 spiro atoms. The lowest BCUT2D eigenvalue weighted by atomic mass is 10.2. The van der Waals surface area contributed by atoms with Crippen LogP contribution in [0.3, 0.4) is 0 Å². The summed E-state index contributed by atoms with van der Waals surface area (Å²) in [4.78, 5) is 4.67. The molecule has 0 unspecified atom stereocenters. The van der Waals surface area contributed by atoms with Crippen molar-refractivity contribution >= 4 is 11.6 Å². The van der Waals surface area contributed by atoms with Crippen molar-refractivity contribution in [3.63, 3.8) is 0 Å². The van der Waals surface area contributed by atoms with E-state index in [1.165, 1.54) is 18.7 Å². The molecule has 0 atom stereocenters. The minimum atomic E-state index is 0.767. The van der Waals surface area contributed by atoms with Gasteiger partial charge in [0, 0.05) is 29.7 Å². The minimum absolute atomic E-state index is 0.767. The molecular weight excluding hydrogens is 220 g/mol. The molecule has 0 saturated carbocycles. The van der Waals surface area contributed by atoms with Crippen LogP contribution in [0.15, 0.2) is 30.5 Å². The molecule has 0 aliphatic carbocycles. The number of imidazole rings is 1. The molecule has 0 N–H and O–H groups in total. The average molecular weight is 233 g/mol. The number of halogens is 1. The smallest absolute Gasteiger partial charge is 0.109 e. The maximum absolute atomic E-state index is 5.99. The van der Waals surface area contributed by atoms with E-state index >= 15 is 0 Å². The summed E-state index contributed by atoms with van der Waals surface area (Å²) in [5, 5.41) is 0.767. The third-order valence-corrected chi connectivity index (χ3v) is 3.26. The van der Waals surface area contributed by atoms with Crippen molar-refractivity contribution < 1.29 is 0 Å². The van der Waals surface area contributed by atoms with Gasteiger partial charge in [-0.25, -0.2) is 4.98 Å². The van der Waals surface area contributed by atoms with E-state index in [1.54, 1.807) is 0 Å². The first-order chi connectivity index (χ1) is 7.83. The summed E-state index contributed by atoms with van der Waals surface area (Å²) >= 11 is 5.99. The third-order valence-electron chi connectivity index (χ3n) is 3.03. The maximum atomic E-state index is 5.99. The van der Waals surface area contributed by atoms with E-state index in [0.29, 0.717) is 0 Å². The van der Waals surface area contributed by atoms with Gasteiger partial charge >= 0.3 is 0 Å². The van der Waals surface area contributed by atoms with Gasteiger partial charge < -0.3 is 4.57 Å². The third kappa shape index (κ3) is 1.74. The Kier molecular flexibility index (Phi) is 2.44. The molecule has 0 radical (unpaired) electrons. The molecule has 82 valence electrons. The summed E-state index contributed by atoms with van der Waals surface area (Å²) in [5.74, 6) is 1.21. The molecule has 0 amide bonds. The van der Waals surface area contributed by atoms with Crippen LogP contribution in [-0.4, -0.2) is 9.55 Å². The lowest BCUT2D eigenvalue weighted by molar-refractivity contribution is 0.522. The molecule has 3 heteroatoms. The van der Waals surface area contributed by atoms with Crippen molar-refractivity contribution in [2.75, 3.05) is 0 Å². The molecule has 1 aromatic heterocycles. The van der Waals surface area contributed by atoms with Gasteiger partial charge in [0.1, 0.15) is 5.82 Å². The van der Waals surface area contributed by atoms with E-state index in [1.807, 2.05) is 18.2 Å². The van der Waals surface area contributed by atoms with Gasteiger partial charge in [0.05, 0.1) is 5.69 Å². The summed E-state index contributed by atoms with van der Waals surface area (Å²) in [6, 6.07) is 7.88. The van der Waals surface area contributed by atoms with Gasteiger partial charge in [0.15, 0.2) is 0 Å². The summed E-state index contributed by atoms with van der Waals surface area (Å²) in [6.45, 7) is 1.10. The average Bonchev–Trinajstić information content (AvgIpc) is 2.72. The fraction of sp³-hybridized carbons (Fsp3) is 0.308. The van der Waals surface area contributed by atoms with Gasteiger partial charge in [0.25, 0.3) is 0 Å². The fourth-order valence-electron chi connectivity index (χ4n) is 2.20. The molecule has 2 aromatic rings. The van der Waals surface area contributed by atoms with Crippen LogP contribution < -0.4 is 0 Å². The van der Waals surface area contributed by atoms with Crippen LogP contribution in [0.1, 0.15) is 18.7 Å². The molecule has 2 heterocycles. The van der Waals surface area contributed by atoms with Crippen LogP contribution >= 0.6 is 11.6 Å². The first-order valence-electron chi connectivity index (χ1n) is 5.65. The second-order valence-electron chi connectivity index (χ2n) is 4.20. The van der Waals surface area contributed by atoms with E-state index in [2.05, 4.69) is 21.8 Å². The maximum Gasteiger partial charge on any atom is 0.109 e. The molecule has 3 rings (SSSR count). The van der Waals surface area contributed by atoms with E-state index in [0.717, 1.165) is 29.2 Å². The Morgan fingerprint density at radius 3 is 3.00 bits per heavy atom. The SMILES string of the molecule is Clc1cccc(-c2cn3c(n2)CCCC3)c1. The van der Waals surface area contributed by atoms with Gasteiger partial charge in [-0.3, -0.25) is 0 Å². The molecule has 1 aliphatic rings. The molecule has 0 saturated heterocycles. The van der Waals surface area contributed by atoms with E-state index in [-0.39, 0.29) is 0 Å². The van der Waals surface area contributed by atoms with Crippen molar-refractivity contribution in [3.8, 4) is 11.3 Å². The topological polar surface area (TPSA) is 17.8 Å². The van der Waals surface area contributed by atoms with E-state index in [9.17, 15) is 0 Å². The molecule has 0 bridgehead atoms. The van der Waals surface area contributed by atoms with Crippen LogP contribution in [0, 0.1) is 0 Å². The van der Waals surface area contributed by atoms with Gasteiger partial charge in [0.2, 0.25) is 0 Å². The fourth-order valence-corrected chi connectivity index (χ4v) is 2.39. The van der Waals surface area contributed by atoms with Crippen molar-refractivity contribution in [2.24, 2.45) is 0 Å². The van der Waals surface area contributed by atoms with Crippen molar-refractivity contribution in [3.05, 3.63) is 41.3 Å². The number of rotatable bonds is 1. The Morgan fingerprint density at radius 1 is 1.25 bits per heavy atom. The number of aromatic nitrogens is 2. The zero-order valence-electron chi connectivity index (χ0n) is 8.99. The highest BCUT2D eigenvalue weighted by molar-refractivity contribution is 6.30. The summed E-state index contributed by atoms with van der Waals surface area (Å²) in [5.41, 5.74) is 2.15. The van der Waals surface area contributed by atoms with Gasteiger partial charge in [-0.05, 0) is 25.0 Å². The Bertz CT molecular complexity index is 493. The molecule has 2 nitrogen and oxygen atoms in total. The Morgan fingerprint density at radius 2 is 2.19 bits per heavy atom. The lowest BCUT2D eigenvalue weighted by Gasteiger charge is -2.11. The van der Waals surface area contributed by atoms with E-state index < -0.39 is 0 Å². The number of aryl methyl sites for hydroxylation is 2. The summed E-state index contributed by atoms with van der Waals surface area (Å²) < 4.78 is 2.26. The highest BCUT2D eigenvalue weighted by Crippen LogP contribution is 2.24. The molecule has 1 aromatic carbocycles. The monoisotopic (exact) mass is 232 g/mol. The molecular formula is C13H13ClN2. The first-order valence-corrected chi connectivity index (χ1v) is 6.03. The number of hydrogen-bond donors (Lipinski definition) is 0. The summed E-state index contributed by atoms with van der Waals surface area (Å²) in [7, 11) is 0. The predicted molar refractivity (Wildman–Crippen MR) is 65.6 cm³/mol. The second kappa shape index (κ2) is 3.95. The zero-order chi connectivity index (χ0) is 11.0. The second-order valence-corrected chi connectivity index (χ2v) is 4.64. The predicted octanol–water partition coefficient (Wildman–Crippen LogP) is 3.54. The van der Waals surface area contributed by atoms with Crippen molar-refractivity contribution in [1.29, 1.82) is 0 Å². The van der Waals surface area contributed by atoms with Gasteiger partial charge in [-0.1, -0.05) is 23.7 Å². The van der Waals surface area contributed by atoms with Crippen molar-refractivity contribution in [2.45, 2.75) is 25.8 Å². The van der Waals surface area contributed by atoms with Crippen LogP contribution in [0.4, 0.5) is 0 Å². The largest absolute Gasteiger partial charge is 0.334 e. The quantitative estimate of drug-likeness (QED) is 0.736. The summed E-state index contributed by atoms with van der Waals surface area (Å²) in [6.07, 6.45) is 5.76. The standard InChI is InChI=1S/C13H13ClN2/c14-11-5-3-4-10(8-11)12-9-16-7-2-1-6-13(16)15-12/h3-5,8-9H,1-2,6-7H2. The van der Waals surface area contributed by atoms with Crippen LogP contribution in [0.25, 0.3) is 11.3 Å². The zero-order valence-corrected chi connectivity index (χ0v) is 9.74. The van der Waals surface area contributed by atoms with E-state index in [4.69, 9.17) is 11.6 Å². The normalized spacial score (nSPS) is 14.8. The number of nitrogens with zero attached hydrogens (tertiary/aromatic N) is 2. The van der Waals surface area contributed by atoms with Gasteiger partial charge in [-0.2, -0.15) is 0 Å². The number of hydrogen-bond acceptors (Lipinski definition) is 1. The minimum Gasteiger partial charge on any atom is -0.334 e. The number of benzene rings is 1. The Hall–Kier alpha value is -1.28. The van der Waals surface area contributed by atoms with Crippen molar-refractivity contribution in [1.82, 2.24) is 9.55 Å². The number of fused-ring (bicyclic) bond motifs is 1. The molecule has 16 heavy (non-hydrogen) atoms.